The molecule has 14 nitrogen and oxygen atoms in total. The second-order valence-electron chi connectivity index (χ2n) is 22.2. The topological polar surface area (TPSA) is 135 Å². The van der Waals surface area contributed by atoms with Crippen molar-refractivity contribution in [2.75, 3.05) is 62.2 Å². The van der Waals surface area contributed by atoms with E-state index in [9.17, 15) is 4.79 Å². The molecule has 0 aliphatic carbocycles. The molecule has 2 aromatic carbocycles. The molecular formula is C55H72Cl4N12O2. The number of nitrogens with zero attached hydrogens (tertiary/aromatic N) is 11. The minimum absolute atomic E-state index is 0.0843. The number of benzene rings is 2. The van der Waals surface area contributed by atoms with Gasteiger partial charge in [0, 0.05) is 59.4 Å². The van der Waals surface area contributed by atoms with Gasteiger partial charge >= 0.3 is 6.09 Å². The van der Waals surface area contributed by atoms with Crippen molar-refractivity contribution in [3.63, 3.8) is 0 Å². The molecule has 6 unspecified atom stereocenters. The number of aryl methyl sites for hydroxylation is 2. The number of halogens is 4. The molecule has 4 saturated heterocycles. The number of likely N-dealkylation sites (tertiary alicyclic amines) is 1. The maximum Gasteiger partial charge on any atom is 0.410 e. The van der Waals surface area contributed by atoms with Gasteiger partial charge in [0.25, 0.3) is 0 Å². The maximum absolute atomic E-state index is 12.7. The average molecular weight is 1080 g/mol. The van der Waals surface area contributed by atoms with E-state index in [1.165, 1.54) is 32.4 Å². The first kappa shape index (κ1) is 53.4. The smallest absolute Gasteiger partial charge is 0.410 e. The highest BCUT2D eigenvalue weighted by Gasteiger charge is 2.38. The van der Waals surface area contributed by atoms with E-state index in [-0.39, 0.29) is 18.2 Å². The van der Waals surface area contributed by atoms with Crippen molar-refractivity contribution in [1.82, 2.24) is 49.7 Å². The highest BCUT2D eigenvalue weighted by molar-refractivity contribution is 6.35. The van der Waals surface area contributed by atoms with Crippen LogP contribution in [0, 0.1) is 49.4 Å². The van der Waals surface area contributed by atoms with Crippen molar-refractivity contribution >= 4 is 86.5 Å². The fourth-order valence-electron chi connectivity index (χ4n) is 12.1. The Labute approximate surface area is 450 Å². The Bertz CT molecular complexity index is 2920. The fraction of sp³-hybridized carbons (Fsp3) is 0.582. The Morgan fingerprint density at radius 1 is 0.685 bits per heavy atom. The molecule has 0 radical (unpaired) electrons. The fourth-order valence-corrected chi connectivity index (χ4v) is 13.2. The first-order valence-corrected chi connectivity index (χ1v) is 27.9. The molecule has 18 heteroatoms. The van der Waals surface area contributed by atoms with Crippen molar-refractivity contribution in [2.45, 2.75) is 119 Å². The number of carbonyl (C=O) groups is 1. The van der Waals surface area contributed by atoms with Gasteiger partial charge in [-0.15, -0.1) is 0 Å². The normalized spacial score (nSPS) is 23.8. The first-order chi connectivity index (χ1) is 34.8. The summed E-state index contributed by atoms with van der Waals surface area (Å²) in [4.78, 5) is 39.1. The largest absolute Gasteiger partial charge is 0.444 e. The zero-order valence-corrected chi connectivity index (χ0v) is 46.9. The monoisotopic (exact) mass is 1070 g/mol. The van der Waals surface area contributed by atoms with Gasteiger partial charge in [-0.3, -0.25) is 0 Å². The molecule has 4 aliphatic heterocycles. The van der Waals surface area contributed by atoms with E-state index < -0.39 is 5.60 Å². The van der Waals surface area contributed by atoms with Gasteiger partial charge in [-0.25, -0.2) is 34.1 Å². The van der Waals surface area contributed by atoms with Crippen LogP contribution in [0.25, 0.3) is 22.3 Å². The number of hydrogen-bond donors (Lipinski definition) is 1. The molecule has 4 aromatic heterocycles. The highest BCUT2D eigenvalue weighted by atomic mass is 35.5. The zero-order chi connectivity index (χ0) is 51.9. The van der Waals surface area contributed by atoms with Crippen LogP contribution in [0.15, 0.2) is 48.8 Å². The van der Waals surface area contributed by atoms with Crippen LogP contribution < -0.4 is 15.1 Å². The molecular weight excluding hydrogens is 1000 g/mol. The zero-order valence-electron chi connectivity index (χ0n) is 43.9. The molecule has 73 heavy (non-hydrogen) atoms. The summed E-state index contributed by atoms with van der Waals surface area (Å²) in [6.45, 7) is 26.3. The van der Waals surface area contributed by atoms with Gasteiger partial charge in [0.05, 0.1) is 35.9 Å². The molecule has 0 spiro atoms. The van der Waals surface area contributed by atoms with Gasteiger partial charge in [0.15, 0.2) is 11.3 Å². The van der Waals surface area contributed by atoms with Gasteiger partial charge in [-0.2, -0.15) is 10.2 Å². The number of amides is 1. The number of hydrogen-bond acceptors (Lipinski definition) is 11. The summed E-state index contributed by atoms with van der Waals surface area (Å²) < 4.78 is 9.52. The van der Waals surface area contributed by atoms with Gasteiger partial charge in [0.1, 0.15) is 28.3 Å². The molecule has 8 atom stereocenters. The van der Waals surface area contributed by atoms with Crippen molar-refractivity contribution in [3.05, 3.63) is 91.4 Å². The van der Waals surface area contributed by atoms with Crippen LogP contribution in [0.5, 0.6) is 0 Å². The van der Waals surface area contributed by atoms with Crippen molar-refractivity contribution in [1.29, 1.82) is 0 Å². The quantitative estimate of drug-likeness (QED) is 0.156. The minimum atomic E-state index is -0.475. The van der Waals surface area contributed by atoms with Gasteiger partial charge in [-0.1, -0.05) is 72.4 Å². The summed E-state index contributed by atoms with van der Waals surface area (Å²) in [5, 5.41) is 15.6. The maximum atomic E-state index is 12.7. The van der Waals surface area contributed by atoms with E-state index in [1.54, 1.807) is 12.1 Å². The Balaban J connectivity index is 0.000000183. The summed E-state index contributed by atoms with van der Waals surface area (Å²) in [6.07, 6.45) is 10.7. The summed E-state index contributed by atoms with van der Waals surface area (Å²) in [7, 11) is 0. The van der Waals surface area contributed by atoms with Crippen LogP contribution in [0.3, 0.4) is 0 Å². The van der Waals surface area contributed by atoms with Crippen LogP contribution >= 0.6 is 46.4 Å². The molecule has 392 valence electrons. The lowest BCUT2D eigenvalue weighted by molar-refractivity contribution is 0.00943. The van der Waals surface area contributed by atoms with E-state index in [2.05, 4.69) is 42.8 Å². The lowest BCUT2D eigenvalue weighted by Crippen LogP contribution is -2.48. The molecule has 1 N–H and O–H groups in total. The lowest BCUT2D eigenvalue weighted by atomic mass is 9.74. The molecule has 6 aromatic rings. The third-order valence-electron chi connectivity index (χ3n) is 15.9. The van der Waals surface area contributed by atoms with Gasteiger partial charge < -0.3 is 24.8 Å². The summed E-state index contributed by atoms with van der Waals surface area (Å²) >= 11 is 25.3. The number of piperidine rings is 4. The number of rotatable bonds is 8. The van der Waals surface area contributed by atoms with Crippen molar-refractivity contribution < 1.29 is 9.53 Å². The van der Waals surface area contributed by atoms with Crippen molar-refractivity contribution in [3.8, 4) is 0 Å². The van der Waals surface area contributed by atoms with E-state index in [0.717, 1.165) is 127 Å². The molecule has 4 aliphatic rings. The molecule has 0 saturated carbocycles. The minimum Gasteiger partial charge on any atom is -0.444 e. The van der Waals surface area contributed by atoms with Crippen LogP contribution in [-0.2, 0) is 4.74 Å². The van der Waals surface area contributed by atoms with E-state index in [4.69, 9.17) is 81.3 Å². The predicted octanol–water partition coefficient (Wildman–Crippen LogP) is 12.7. The van der Waals surface area contributed by atoms with Gasteiger partial charge in [0.2, 0.25) is 0 Å². The molecule has 8 heterocycles. The number of anilines is 2. The van der Waals surface area contributed by atoms with Gasteiger partial charge in [-0.05, 0) is 171 Å². The van der Waals surface area contributed by atoms with E-state index in [0.29, 0.717) is 43.8 Å². The highest BCUT2D eigenvalue weighted by Crippen LogP contribution is 2.39. The second kappa shape index (κ2) is 22.4. The Morgan fingerprint density at radius 2 is 1.18 bits per heavy atom. The molecule has 0 bridgehead atoms. The lowest BCUT2D eigenvalue weighted by Gasteiger charge is -2.44. The Morgan fingerprint density at radius 3 is 1.63 bits per heavy atom. The Kier molecular flexibility index (Phi) is 16.4. The summed E-state index contributed by atoms with van der Waals surface area (Å²) in [5.41, 5.74) is 6.33. The van der Waals surface area contributed by atoms with Crippen LogP contribution in [0.4, 0.5) is 16.4 Å². The summed E-state index contributed by atoms with van der Waals surface area (Å²) in [5.74, 6) is 5.54. The number of ether oxygens (including phenoxy) is 1. The Hall–Kier alpha value is -4.47. The molecule has 4 fully saturated rings. The van der Waals surface area contributed by atoms with E-state index in [1.807, 2.05) is 85.5 Å². The third kappa shape index (κ3) is 11.8. The first-order valence-electron chi connectivity index (χ1n) is 26.4. The van der Waals surface area contributed by atoms with Crippen LogP contribution in [0.1, 0.15) is 122 Å². The summed E-state index contributed by atoms with van der Waals surface area (Å²) in [6, 6.07) is 10.9. The SMILES string of the molecule is Cc1nn([C@H](C)c2ccc(Cl)cc2Cl)c2nc(N3CCC(C4CCCN(C(=O)OC(C)(C)C)C4)C(C)C3)cnc12.Cc1nn([C@H](C)c2ccc(Cl)cc2Cl)c2nc(N3CCC(C4CCCNC4)C(C)C3)cnc12. The predicted molar refractivity (Wildman–Crippen MR) is 296 cm³/mol. The second-order valence-corrected chi connectivity index (χ2v) is 23.9. The van der Waals surface area contributed by atoms with E-state index >= 15 is 0 Å². The average Bonchev–Trinajstić information content (AvgIpc) is 3.88. The standard InChI is InChI=1S/C30H40Cl2N6O2.C25H32Cl2N6/c1-18-16-36(13-11-23(18)21-8-7-12-37(17-21)29(39)40-30(4,5)6)26-15-33-27-19(2)35-38(28(27)34-26)20(3)24-10-9-22(31)14-25(24)32;1-15-14-32(10-8-20(15)18-5-4-9-28-12-18)23-13-29-24-16(2)31-33(25(24)30-23)17(3)21-7-6-19(26)11-22(21)27/h9-10,14-15,18,20-21,23H,7-8,11-13,16-17H2,1-6H3;6-7,11,13,15,17-18,20,28H,4-5,8-10,12,14H2,1-3H3/t18?,20-,21?,23?;15?,17-,18?,20?/m11/s1. The number of carbonyl (C=O) groups excluding carboxylic acids is 1. The van der Waals surface area contributed by atoms with Crippen LogP contribution in [-0.4, -0.2) is 108 Å². The third-order valence-corrected chi connectivity index (χ3v) is 17.0. The van der Waals surface area contributed by atoms with Crippen molar-refractivity contribution in [2.24, 2.45) is 35.5 Å². The molecule has 10 rings (SSSR count). The van der Waals surface area contributed by atoms with Crippen LogP contribution in [0.2, 0.25) is 20.1 Å². The number of aromatic nitrogens is 8. The number of nitrogens with one attached hydrogen (secondary N) is 1. The number of fused-ring (bicyclic) bond motifs is 2. The molecule has 1 amide bonds.